The maximum atomic E-state index is 12.8. The molecule has 1 fully saturated rings. The van der Waals surface area contributed by atoms with Gasteiger partial charge >= 0.3 is 0 Å². The summed E-state index contributed by atoms with van der Waals surface area (Å²) in [5, 5.41) is 6.38. The first-order valence-corrected chi connectivity index (χ1v) is 10.3. The third-order valence-electron chi connectivity index (χ3n) is 5.20. The van der Waals surface area contributed by atoms with Crippen LogP contribution in [-0.2, 0) is 11.2 Å². The largest absolute Gasteiger partial charge is 0.349 e. The molecule has 7 heteroatoms. The number of halogens is 1. The quantitative estimate of drug-likeness (QED) is 0.758. The molecule has 154 valence electrons. The smallest absolute Gasteiger partial charge is 0.251 e. The van der Waals surface area contributed by atoms with Gasteiger partial charge < -0.3 is 15.5 Å². The maximum Gasteiger partial charge on any atom is 0.251 e. The van der Waals surface area contributed by atoms with E-state index in [1.807, 2.05) is 18.2 Å². The van der Waals surface area contributed by atoms with Gasteiger partial charge in [-0.1, -0.05) is 29.8 Å². The van der Waals surface area contributed by atoms with Gasteiger partial charge in [-0.25, -0.2) is 4.98 Å². The number of hydrogen-bond donors (Lipinski definition) is 2. The van der Waals surface area contributed by atoms with Crippen LogP contribution in [0.2, 0.25) is 5.02 Å². The van der Waals surface area contributed by atoms with E-state index in [0.717, 1.165) is 25.9 Å². The SMILES string of the molecule is CC(C)N1CCC(NC(=O)c2ccccc2CC(=O)Nc2ccc(Cl)cn2)CC1. The van der Waals surface area contributed by atoms with E-state index in [4.69, 9.17) is 11.6 Å². The first kappa shape index (κ1) is 21.3. The standard InChI is InChI=1S/C22H27ClN4O2/c1-15(2)27-11-9-18(10-12-27)25-22(29)19-6-4-3-5-16(19)13-21(28)26-20-8-7-17(23)14-24-20/h3-8,14-15,18H,9-13H2,1-2H3,(H,25,29)(H,24,26,28). The summed E-state index contributed by atoms with van der Waals surface area (Å²) < 4.78 is 0. The van der Waals surface area contributed by atoms with Gasteiger partial charge in [-0.2, -0.15) is 0 Å². The van der Waals surface area contributed by atoms with Gasteiger partial charge in [-0.05, 0) is 50.5 Å². The maximum absolute atomic E-state index is 12.8. The highest BCUT2D eigenvalue weighted by Crippen LogP contribution is 2.16. The molecule has 6 nitrogen and oxygen atoms in total. The molecule has 0 aliphatic carbocycles. The molecule has 0 saturated carbocycles. The van der Waals surface area contributed by atoms with Crippen LogP contribution in [0.5, 0.6) is 0 Å². The summed E-state index contributed by atoms with van der Waals surface area (Å²) in [6.45, 7) is 6.36. The van der Waals surface area contributed by atoms with Crippen molar-refractivity contribution in [1.82, 2.24) is 15.2 Å². The van der Waals surface area contributed by atoms with E-state index in [1.54, 1.807) is 18.2 Å². The van der Waals surface area contributed by atoms with Gasteiger partial charge in [0.15, 0.2) is 0 Å². The number of nitrogens with one attached hydrogen (secondary N) is 2. The fraction of sp³-hybridized carbons (Fsp3) is 0.409. The zero-order chi connectivity index (χ0) is 20.8. The highest BCUT2D eigenvalue weighted by atomic mass is 35.5. The van der Waals surface area contributed by atoms with E-state index in [9.17, 15) is 9.59 Å². The molecular formula is C22H27ClN4O2. The number of likely N-dealkylation sites (tertiary alicyclic amines) is 1. The summed E-state index contributed by atoms with van der Waals surface area (Å²) >= 11 is 5.81. The molecule has 1 aliphatic rings. The summed E-state index contributed by atoms with van der Waals surface area (Å²) in [5.74, 6) is 0.0737. The van der Waals surface area contributed by atoms with Crippen LogP contribution in [0, 0.1) is 0 Å². The number of carbonyl (C=O) groups is 2. The average Bonchev–Trinajstić information content (AvgIpc) is 2.70. The predicted octanol–water partition coefficient (Wildman–Crippen LogP) is 3.52. The van der Waals surface area contributed by atoms with Crippen molar-refractivity contribution >= 4 is 29.2 Å². The number of nitrogens with zero attached hydrogens (tertiary/aromatic N) is 2. The van der Waals surface area contributed by atoms with Crippen LogP contribution in [0.4, 0.5) is 5.82 Å². The van der Waals surface area contributed by atoms with Crippen LogP contribution in [0.1, 0.15) is 42.6 Å². The fourth-order valence-corrected chi connectivity index (χ4v) is 3.64. The van der Waals surface area contributed by atoms with E-state index < -0.39 is 0 Å². The predicted molar refractivity (Wildman–Crippen MR) is 115 cm³/mol. The minimum atomic E-state index is -0.231. The summed E-state index contributed by atoms with van der Waals surface area (Å²) in [7, 11) is 0. The van der Waals surface area contributed by atoms with Crippen molar-refractivity contribution in [3.05, 3.63) is 58.7 Å². The second kappa shape index (κ2) is 9.85. The lowest BCUT2D eigenvalue weighted by Gasteiger charge is -2.34. The number of piperidine rings is 1. The minimum absolute atomic E-state index is 0.0969. The van der Waals surface area contributed by atoms with E-state index in [-0.39, 0.29) is 24.3 Å². The van der Waals surface area contributed by atoms with Crippen LogP contribution in [0.3, 0.4) is 0 Å². The molecule has 1 aromatic carbocycles. The molecule has 2 N–H and O–H groups in total. The fourth-order valence-electron chi connectivity index (χ4n) is 3.53. The molecule has 0 bridgehead atoms. The Kier molecular flexibility index (Phi) is 7.23. The molecule has 2 heterocycles. The second-order valence-electron chi connectivity index (χ2n) is 7.62. The number of carbonyl (C=O) groups excluding carboxylic acids is 2. The van der Waals surface area contributed by atoms with Crippen LogP contribution in [0.15, 0.2) is 42.6 Å². The Bertz CT molecular complexity index is 846. The molecular weight excluding hydrogens is 388 g/mol. The summed E-state index contributed by atoms with van der Waals surface area (Å²) in [5.41, 5.74) is 1.23. The number of aromatic nitrogens is 1. The Morgan fingerprint density at radius 2 is 1.90 bits per heavy atom. The van der Waals surface area contributed by atoms with E-state index in [2.05, 4.69) is 34.4 Å². The lowest BCUT2D eigenvalue weighted by Crippen LogP contribution is -2.46. The highest BCUT2D eigenvalue weighted by Gasteiger charge is 2.23. The van der Waals surface area contributed by atoms with Crippen LogP contribution < -0.4 is 10.6 Å². The van der Waals surface area contributed by atoms with Crippen molar-refractivity contribution in [2.75, 3.05) is 18.4 Å². The van der Waals surface area contributed by atoms with Crippen LogP contribution in [0.25, 0.3) is 0 Å². The van der Waals surface area contributed by atoms with Crippen molar-refractivity contribution in [3.63, 3.8) is 0 Å². The first-order chi connectivity index (χ1) is 13.9. The number of rotatable bonds is 6. The van der Waals surface area contributed by atoms with E-state index in [1.165, 1.54) is 6.20 Å². The summed E-state index contributed by atoms with van der Waals surface area (Å²) in [6, 6.07) is 11.2. The molecule has 1 aromatic heterocycles. The first-order valence-electron chi connectivity index (χ1n) is 9.96. The third kappa shape index (κ3) is 6.02. The summed E-state index contributed by atoms with van der Waals surface area (Å²) in [6.07, 6.45) is 3.45. The number of pyridine rings is 1. The average molecular weight is 415 g/mol. The van der Waals surface area contributed by atoms with Gasteiger partial charge in [0.1, 0.15) is 5.82 Å². The van der Waals surface area contributed by atoms with Gasteiger partial charge in [0.05, 0.1) is 11.4 Å². The molecule has 1 saturated heterocycles. The van der Waals surface area contributed by atoms with Gasteiger partial charge in [-0.15, -0.1) is 0 Å². The van der Waals surface area contributed by atoms with Gasteiger partial charge in [0.2, 0.25) is 5.91 Å². The molecule has 2 amide bonds. The zero-order valence-corrected chi connectivity index (χ0v) is 17.6. The van der Waals surface area contributed by atoms with Gasteiger partial charge in [0.25, 0.3) is 5.91 Å². The molecule has 0 unspecified atom stereocenters. The molecule has 1 aliphatic heterocycles. The topological polar surface area (TPSA) is 74.3 Å². The molecule has 0 spiro atoms. The van der Waals surface area contributed by atoms with Crippen molar-refractivity contribution in [3.8, 4) is 0 Å². The van der Waals surface area contributed by atoms with Crippen molar-refractivity contribution < 1.29 is 9.59 Å². The molecule has 3 rings (SSSR count). The number of amides is 2. The third-order valence-corrected chi connectivity index (χ3v) is 5.43. The number of benzene rings is 1. The lowest BCUT2D eigenvalue weighted by atomic mass is 10.0. The Morgan fingerprint density at radius 1 is 1.17 bits per heavy atom. The normalized spacial score (nSPS) is 15.3. The van der Waals surface area contributed by atoms with Crippen LogP contribution in [-0.4, -0.2) is 46.9 Å². The Balaban J connectivity index is 1.60. The Labute approximate surface area is 176 Å². The summed E-state index contributed by atoms with van der Waals surface area (Å²) in [4.78, 5) is 31.7. The molecule has 0 atom stereocenters. The number of hydrogen-bond acceptors (Lipinski definition) is 4. The molecule has 0 radical (unpaired) electrons. The monoisotopic (exact) mass is 414 g/mol. The number of anilines is 1. The van der Waals surface area contributed by atoms with E-state index >= 15 is 0 Å². The zero-order valence-electron chi connectivity index (χ0n) is 16.8. The van der Waals surface area contributed by atoms with Crippen molar-refractivity contribution in [2.45, 2.75) is 45.2 Å². The van der Waals surface area contributed by atoms with Crippen LogP contribution >= 0.6 is 11.6 Å². The molecule has 29 heavy (non-hydrogen) atoms. The minimum Gasteiger partial charge on any atom is -0.349 e. The Morgan fingerprint density at radius 3 is 2.55 bits per heavy atom. The Hall–Kier alpha value is -2.44. The van der Waals surface area contributed by atoms with E-state index in [0.29, 0.717) is 28.0 Å². The lowest BCUT2D eigenvalue weighted by molar-refractivity contribution is -0.115. The van der Waals surface area contributed by atoms with Crippen molar-refractivity contribution in [1.29, 1.82) is 0 Å². The highest BCUT2D eigenvalue weighted by molar-refractivity contribution is 6.30. The van der Waals surface area contributed by atoms with Gasteiger partial charge in [0, 0.05) is 36.9 Å². The van der Waals surface area contributed by atoms with Crippen molar-refractivity contribution in [2.24, 2.45) is 0 Å². The van der Waals surface area contributed by atoms with Gasteiger partial charge in [-0.3, -0.25) is 9.59 Å². The second-order valence-corrected chi connectivity index (χ2v) is 8.06. The molecule has 2 aromatic rings.